The van der Waals surface area contributed by atoms with Crippen molar-refractivity contribution in [3.63, 3.8) is 0 Å². The lowest BCUT2D eigenvalue weighted by atomic mass is 10.2. The van der Waals surface area contributed by atoms with E-state index in [0.717, 1.165) is 6.54 Å². The maximum absolute atomic E-state index is 11.7. The van der Waals surface area contributed by atoms with E-state index in [1.807, 2.05) is 42.3 Å². The lowest BCUT2D eigenvalue weighted by Crippen LogP contribution is -2.25. The van der Waals surface area contributed by atoms with Crippen LogP contribution in [0.4, 0.5) is 16.2 Å². The molecule has 0 saturated heterocycles. The zero-order valence-electron chi connectivity index (χ0n) is 13.3. The van der Waals surface area contributed by atoms with Crippen LogP contribution in [-0.2, 0) is 11.3 Å². The van der Waals surface area contributed by atoms with Gasteiger partial charge in [-0.05, 0) is 18.7 Å². The summed E-state index contributed by atoms with van der Waals surface area (Å²) in [6.07, 6.45) is -0.636. The minimum atomic E-state index is -0.636. The summed E-state index contributed by atoms with van der Waals surface area (Å²) < 4.78 is 5.09. The number of carbonyl (C=O) groups is 1. The summed E-state index contributed by atoms with van der Waals surface area (Å²) in [5.74, 6) is 0. The summed E-state index contributed by atoms with van der Waals surface area (Å²) >= 11 is 0. The van der Waals surface area contributed by atoms with Gasteiger partial charge in [-0.3, -0.25) is 20.3 Å². The first kappa shape index (κ1) is 17.4. The summed E-state index contributed by atoms with van der Waals surface area (Å²) in [7, 11) is 1.94. The van der Waals surface area contributed by atoms with Crippen LogP contribution in [0.25, 0.3) is 0 Å². The number of ether oxygens (including phenoxy) is 1. The number of anilines is 1. The zero-order valence-corrected chi connectivity index (χ0v) is 13.3. The fraction of sp³-hybridized carbons (Fsp3) is 0.235. The standard InChI is InChI=1S/C17H19N3O4/c1-19(13-14-6-3-2-4-7-14)10-11-24-17(21)18-15-8-5-9-16(12-15)20(22)23/h2-9,12H,10-11,13H2,1H3,(H,18,21). The molecule has 126 valence electrons. The van der Waals surface area contributed by atoms with Gasteiger partial charge in [0.1, 0.15) is 6.61 Å². The molecule has 0 atom stereocenters. The van der Waals surface area contributed by atoms with E-state index in [4.69, 9.17) is 4.74 Å². The largest absolute Gasteiger partial charge is 0.448 e. The van der Waals surface area contributed by atoms with Gasteiger partial charge in [0.25, 0.3) is 5.69 Å². The Morgan fingerprint density at radius 3 is 2.67 bits per heavy atom. The quantitative estimate of drug-likeness (QED) is 0.622. The summed E-state index contributed by atoms with van der Waals surface area (Å²) in [6, 6.07) is 15.7. The van der Waals surface area contributed by atoms with Gasteiger partial charge < -0.3 is 4.74 Å². The molecule has 0 fully saturated rings. The summed E-state index contributed by atoms with van der Waals surface area (Å²) in [5, 5.41) is 13.2. The number of nitrogens with zero attached hydrogens (tertiary/aromatic N) is 2. The van der Waals surface area contributed by atoms with Crippen molar-refractivity contribution < 1.29 is 14.5 Å². The molecule has 0 aliphatic rings. The summed E-state index contributed by atoms with van der Waals surface area (Å²) in [4.78, 5) is 23.9. The van der Waals surface area contributed by atoms with Crippen molar-refractivity contribution in [1.29, 1.82) is 0 Å². The average Bonchev–Trinajstić information content (AvgIpc) is 2.56. The lowest BCUT2D eigenvalue weighted by molar-refractivity contribution is -0.384. The lowest BCUT2D eigenvalue weighted by Gasteiger charge is -2.16. The molecule has 2 aromatic rings. The van der Waals surface area contributed by atoms with Crippen molar-refractivity contribution in [1.82, 2.24) is 4.90 Å². The second-order valence-corrected chi connectivity index (χ2v) is 5.29. The number of hydrogen-bond acceptors (Lipinski definition) is 5. The van der Waals surface area contributed by atoms with Gasteiger partial charge in [-0.15, -0.1) is 0 Å². The van der Waals surface area contributed by atoms with Gasteiger partial charge >= 0.3 is 6.09 Å². The van der Waals surface area contributed by atoms with E-state index in [1.165, 1.54) is 23.8 Å². The minimum absolute atomic E-state index is 0.0876. The van der Waals surface area contributed by atoms with Crippen LogP contribution < -0.4 is 5.32 Å². The van der Waals surface area contributed by atoms with Gasteiger partial charge in [-0.2, -0.15) is 0 Å². The maximum atomic E-state index is 11.7. The van der Waals surface area contributed by atoms with E-state index >= 15 is 0 Å². The first-order valence-corrected chi connectivity index (χ1v) is 7.45. The Morgan fingerprint density at radius 2 is 1.96 bits per heavy atom. The Morgan fingerprint density at radius 1 is 1.21 bits per heavy atom. The fourth-order valence-electron chi connectivity index (χ4n) is 2.12. The van der Waals surface area contributed by atoms with Gasteiger partial charge in [0.2, 0.25) is 0 Å². The molecule has 1 amide bonds. The molecule has 0 unspecified atom stereocenters. The molecule has 7 nitrogen and oxygen atoms in total. The average molecular weight is 329 g/mol. The van der Waals surface area contributed by atoms with Crippen molar-refractivity contribution >= 4 is 17.5 Å². The van der Waals surface area contributed by atoms with Gasteiger partial charge in [-0.1, -0.05) is 36.4 Å². The van der Waals surface area contributed by atoms with Crippen molar-refractivity contribution in [2.75, 3.05) is 25.5 Å². The van der Waals surface area contributed by atoms with Crippen LogP contribution in [0.5, 0.6) is 0 Å². The van der Waals surface area contributed by atoms with Crippen LogP contribution in [0.2, 0.25) is 0 Å². The number of rotatable bonds is 7. The van der Waals surface area contributed by atoms with Gasteiger partial charge in [-0.25, -0.2) is 4.79 Å². The number of hydrogen-bond donors (Lipinski definition) is 1. The highest BCUT2D eigenvalue weighted by Crippen LogP contribution is 2.17. The molecule has 0 bridgehead atoms. The highest BCUT2D eigenvalue weighted by molar-refractivity contribution is 5.85. The number of carbonyl (C=O) groups excluding carboxylic acids is 1. The molecule has 0 heterocycles. The van der Waals surface area contributed by atoms with Crippen molar-refractivity contribution in [2.24, 2.45) is 0 Å². The second kappa shape index (κ2) is 8.64. The van der Waals surface area contributed by atoms with Crippen LogP contribution in [0.15, 0.2) is 54.6 Å². The Balaban J connectivity index is 1.73. The third-order valence-electron chi connectivity index (χ3n) is 3.30. The molecule has 2 rings (SSSR count). The van der Waals surface area contributed by atoms with Crippen molar-refractivity contribution in [2.45, 2.75) is 6.54 Å². The molecule has 0 saturated carbocycles. The Kier molecular flexibility index (Phi) is 6.27. The molecule has 24 heavy (non-hydrogen) atoms. The van der Waals surface area contributed by atoms with Crippen molar-refractivity contribution in [3.05, 3.63) is 70.3 Å². The number of nitro benzene ring substituents is 1. The summed E-state index contributed by atoms with van der Waals surface area (Å²) in [6.45, 7) is 1.57. The third kappa shape index (κ3) is 5.69. The molecule has 0 radical (unpaired) electrons. The van der Waals surface area contributed by atoms with Crippen LogP contribution in [0, 0.1) is 10.1 Å². The predicted octanol–water partition coefficient (Wildman–Crippen LogP) is 3.28. The number of non-ortho nitro benzene ring substituents is 1. The SMILES string of the molecule is CN(CCOC(=O)Nc1cccc([N+](=O)[O-])c1)Cc1ccccc1. The number of benzene rings is 2. The molecule has 0 aromatic heterocycles. The first-order valence-electron chi connectivity index (χ1n) is 7.45. The zero-order chi connectivity index (χ0) is 17.4. The Hall–Kier alpha value is -2.93. The Bertz CT molecular complexity index is 691. The monoisotopic (exact) mass is 329 g/mol. The molecule has 0 spiro atoms. The van der Waals surface area contributed by atoms with E-state index in [2.05, 4.69) is 5.32 Å². The van der Waals surface area contributed by atoms with E-state index < -0.39 is 11.0 Å². The van der Waals surface area contributed by atoms with Crippen LogP contribution >= 0.6 is 0 Å². The number of nitrogens with one attached hydrogen (secondary N) is 1. The van der Waals surface area contributed by atoms with E-state index in [0.29, 0.717) is 12.2 Å². The Labute approximate surface area is 140 Å². The van der Waals surface area contributed by atoms with E-state index in [1.54, 1.807) is 6.07 Å². The third-order valence-corrected chi connectivity index (χ3v) is 3.30. The molecule has 0 aliphatic carbocycles. The maximum Gasteiger partial charge on any atom is 0.411 e. The van der Waals surface area contributed by atoms with Crippen LogP contribution in [0.1, 0.15) is 5.56 Å². The van der Waals surface area contributed by atoms with Gasteiger partial charge in [0.05, 0.1) is 10.6 Å². The van der Waals surface area contributed by atoms with Crippen LogP contribution in [-0.4, -0.2) is 36.1 Å². The highest BCUT2D eigenvalue weighted by atomic mass is 16.6. The first-order chi connectivity index (χ1) is 11.5. The molecule has 1 N–H and O–H groups in total. The van der Waals surface area contributed by atoms with Gasteiger partial charge in [0.15, 0.2) is 0 Å². The van der Waals surface area contributed by atoms with E-state index in [-0.39, 0.29) is 12.3 Å². The molecular weight excluding hydrogens is 310 g/mol. The van der Waals surface area contributed by atoms with Crippen LogP contribution in [0.3, 0.4) is 0 Å². The summed E-state index contributed by atoms with van der Waals surface area (Å²) in [5.41, 5.74) is 1.42. The topological polar surface area (TPSA) is 84.7 Å². The molecule has 0 aliphatic heterocycles. The van der Waals surface area contributed by atoms with Gasteiger partial charge in [0, 0.05) is 25.2 Å². The fourth-order valence-corrected chi connectivity index (χ4v) is 2.12. The number of amides is 1. The smallest absolute Gasteiger partial charge is 0.411 e. The number of nitro groups is 1. The molecule has 2 aromatic carbocycles. The van der Waals surface area contributed by atoms with Crippen molar-refractivity contribution in [3.8, 4) is 0 Å². The predicted molar refractivity (Wildman–Crippen MR) is 90.8 cm³/mol. The van der Waals surface area contributed by atoms with E-state index in [9.17, 15) is 14.9 Å². The highest BCUT2D eigenvalue weighted by Gasteiger charge is 2.09. The second-order valence-electron chi connectivity index (χ2n) is 5.29. The normalized spacial score (nSPS) is 10.4. The minimum Gasteiger partial charge on any atom is -0.448 e. The molecular formula is C17H19N3O4. The number of likely N-dealkylation sites (N-methyl/N-ethyl adjacent to an activating group) is 1. The molecule has 7 heteroatoms.